The third kappa shape index (κ3) is 4.03. The van der Waals surface area contributed by atoms with Crippen molar-refractivity contribution in [1.29, 1.82) is 0 Å². The van der Waals surface area contributed by atoms with Gasteiger partial charge in [-0.05, 0) is 55.5 Å². The lowest BCUT2D eigenvalue weighted by Gasteiger charge is -2.21. The van der Waals surface area contributed by atoms with Crippen molar-refractivity contribution in [3.8, 4) is 0 Å². The number of benzene rings is 1. The number of pyridine rings is 1. The molecule has 1 aromatic carbocycles. The first-order chi connectivity index (χ1) is 13.7. The lowest BCUT2D eigenvalue weighted by molar-refractivity contribution is 0.0954. The Morgan fingerprint density at radius 3 is 2.71 bits per heavy atom. The average Bonchev–Trinajstić information content (AvgIpc) is 2.95. The Morgan fingerprint density at radius 2 is 1.96 bits per heavy atom. The van der Waals surface area contributed by atoms with Crippen molar-refractivity contribution in [1.82, 2.24) is 15.3 Å². The Balaban J connectivity index is 1.34. The second-order valence-electron chi connectivity index (χ2n) is 7.62. The highest BCUT2D eigenvalue weighted by atomic mass is 16.1. The first kappa shape index (κ1) is 18.5. The molecular weight excluding hydrogens is 348 g/mol. The van der Waals surface area contributed by atoms with E-state index < -0.39 is 0 Å². The zero-order chi connectivity index (χ0) is 19.3. The first-order valence-corrected chi connectivity index (χ1v) is 10.3. The van der Waals surface area contributed by atoms with Crippen LogP contribution in [0, 0.1) is 6.92 Å². The van der Waals surface area contributed by atoms with Crippen LogP contribution in [0.25, 0.3) is 10.9 Å². The fourth-order valence-corrected chi connectivity index (χ4v) is 4.07. The summed E-state index contributed by atoms with van der Waals surface area (Å²) in [4.78, 5) is 22.7. The van der Waals surface area contributed by atoms with Gasteiger partial charge in [0.2, 0.25) is 0 Å². The molecular formula is C23H28N4O. The summed E-state index contributed by atoms with van der Waals surface area (Å²) in [5, 5.41) is 4.29. The summed E-state index contributed by atoms with van der Waals surface area (Å²) in [6, 6.07) is 10.1. The van der Waals surface area contributed by atoms with Gasteiger partial charge in [-0.2, -0.15) is 0 Å². The van der Waals surface area contributed by atoms with Gasteiger partial charge in [0.25, 0.3) is 5.91 Å². The normalized spacial score (nSPS) is 14.8. The van der Waals surface area contributed by atoms with E-state index in [4.69, 9.17) is 0 Å². The molecule has 0 bridgehead atoms. The minimum absolute atomic E-state index is 0.0634. The Bertz CT molecular complexity index is 937. The molecule has 0 spiro atoms. The Morgan fingerprint density at radius 1 is 1.14 bits per heavy atom. The van der Waals surface area contributed by atoms with Gasteiger partial charge in [-0.25, -0.2) is 4.98 Å². The van der Waals surface area contributed by atoms with Crippen molar-refractivity contribution in [3.05, 3.63) is 59.4 Å². The van der Waals surface area contributed by atoms with E-state index in [9.17, 15) is 4.79 Å². The van der Waals surface area contributed by atoms with Crippen LogP contribution in [-0.2, 0) is 6.42 Å². The quantitative estimate of drug-likeness (QED) is 0.701. The van der Waals surface area contributed by atoms with Crippen LogP contribution in [0.3, 0.4) is 0 Å². The number of anilines is 1. The molecule has 4 rings (SSSR count). The molecule has 0 aliphatic carbocycles. The van der Waals surface area contributed by atoms with Crippen LogP contribution in [-0.4, -0.2) is 35.5 Å². The number of aromatic amines is 1. The largest absolute Gasteiger partial charge is 0.361 e. The summed E-state index contributed by atoms with van der Waals surface area (Å²) in [5.74, 6) is 0.916. The first-order valence-electron chi connectivity index (χ1n) is 10.3. The molecule has 1 saturated heterocycles. The third-order valence-corrected chi connectivity index (χ3v) is 5.62. The minimum Gasteiger partial charge on any atom is -0.361 e. The third-order valence-electron chi connectivity index (χ3n) is 5.62. The number of H-pyrrole nitrogens is 1. The van der Waals surface area contributed by atoms with Gasteiger partial charge in [0, 0.05) is 42.9 Å². The van der Waals surface area contributed by atoms with Crippen molar-refractivity contribution < 1.29 is 4.79 Å². The predicted molar refractivity (Wildman–Crippen MR) is 114 cm³/mol. The van der Waals surface area contributed by atoms with Gasteiger partial charge < -0.3 is 15.2 Å². The van der Waals surface area contributed by atoms with Crippen LogP contribution in [0.4, 0.5) is 5.82 Å². The van der Waals surface area contributed by atoms with Gasteiger partial charge in [-0.15, -0.1) is 0 Å². The molecule has 1 aliphatic rings. The number of aromatic nitrogens is 2. The number of nitrogens with zero attached hydrogens (tertiary/aromatic N) is 2. The maximum Gasteiger partial charge on any atom is 0.252 e. The van der Waals surface area contributed by atoms with Crippen LogP contribution >= 0.6 is 0 Å². The number of carbonyl (C=O) groups is 1. The van der Waals surface area contributed by atoms with E-state index in [-0.39, 0.29) is 5.91 Å². The Labute approximate surface area is 166 Å². The molecule has 5 heteroatoms. The molecule has 5 nitrogen and oxygen atoms in total. The van der Waals surface area contributed by atoms with Crippen LogP contribution < -0.4 is 10.2 Å². The molecule has 0 atom stereocenters. The molecule has 3 aromatic rings. The molecule has 0 unspecified atom stereocenters. The summed E-state index contributed by atoms with van der Waals surface area (Å²) in [5.41, 5.74) is 4.26. The molecule has 146 valence electrons. The lowest BCUT2D eigenvalue weighted by atomic mass is 10.1. The number of hydrogen-bond acceptors (Lipinski definition) is 3. The number of aryl methyl sites for hydroxylation is 1. The summed E-state index contributed by atoms with van der Waals surface area (Å²) in [6.45, 7) is 4.84. The Kier molecular flexibility index (Phi) is 5.60. The van der Waals surface area contributed by atoms with Crippen LogP contribution in [0.1, 0.15) is 47.2 Å². The van der Waals surface area contributed by atoms with Crippen LogP contribution in [0.15, 0.2) is 42.7 Å². The maximum absolute atomic E-state index is 12.5. The van der Waals surface area contributed by atoms with E-state index in [1.165, 1.54) is 42.2 Å². The van der Waals surface area contributed by atoms with E-state index >= 15 is 0 Å². The smallest absolute Gasteiger partial charge is 0.252 e. The van der Waals surface area contributed by atoms with Crippen molar-refractivity contribution in [2.45, 2.75) is 39.0 Å². The van der Waals surface area contributed by atoms with Gasteiger partial charge in [0.05, 0.1) is 5.56 Å². The van der Waals surface area contributed by atoms with E-state index in [1.54, 1.807) is 6.20 Å². The number of rotatable bonds is 5. The van der Waals surface area contributed by atoms with Crippen LogP contribution in [0.5, 0.6) is 0 Å². The molecule has 0 radical (unpaired) electrons. The van der Waals surface area contributed by atoms with Gasteiger partial charge in [-0.1, -0.05) is 25.0 Å². The molecule has 2 N–H and O–H groups in total. The van der Waals surface area contributed by atoms with Gasteiger partial charge in [-0.3, -0.25) is 4.79 Å². The number of nitrogens with one attached hydrogen (secondary N) is 2. The molecule has 1 amide bonds. The summed E-state index contributed by atoms with van der Waals surface area (Å²) >= 11 is 0. The zero-order valence-corrected chi connectivity index (χ0v) is 16.5. The van der Waals surface area contributed by atoms with E-state index in [2.05, 4.69) is 45.3 Å². The lowest BCUT2D eigenvalue weighted by Crippen LogP contribution is -2.27. The second-order valence-corrected chi connectivity index (χ2v) is 7.62. The highest BCUT2D eigenvalue weighted by molar-refractivity contribution is 5.94. The fraction of sp³-hybridized carbons (Fsp3) is 0.391. The zero-order valence-electron chi connectivity index (χ0n) is 16.5. The predicted octanol–water partition coefficient (Wildman–Crippen LogP) is 4.22. The average molecular weight is 377 g/mol. The number of fused-ring (bicyclic) bond motifs is 1. The molecule has 2 aromatic heterocycles. The van der Waals surface area contributed by atoms with Crippen molar-refractivity contribution in [2.24, 2.45) is 0 Å². The van der Waals surface area contributed by atoms with Crippen molar-refractivity contribution in [3.63, 3.8) is 0 Å². The van der Waals surface area contributed by atoms with Gasteiger partial charge in [0.15, 0.2) is 0 Å². The van der Waals surface area contributed by atoms with Crippen molar-refractivity contribution in [2.75, 3.05) is 24.5 Å². The molecule has 3 heterocycles. The van der Waals surface area contributed by atoms with E-state index in [0.29, 0.717) is 12.1 Å². The SMILES string of the molecule is Cc1cccc2[nH]cc(CCNC(=O)c3ccc(N4CCCCCC4)nc3)c12. The second kappa shape index (κ2) is 8.46. The van der Waals surface area contributed by atoms with E-state index in [1.807, 2.05) is 18.3 Å². The highest BCUT2D eigenvalue weighted by Crippen LogP contribution is 2.22. The minimum atomic E-state index is -0.0634. The standard InChI is InChI=1S/C23H28N4O/c1-17-7-6-8-20-22(17)18(15-25-20)11-12-24-23(28)19-9-10-21(26-16-19)27-13-4-2-3-5-14-27/h6-10,15-16,25H,2-5,11-14H2,1H3,(H,24,28). The number of hydrogen-bond donors (Lipinski definition) is 2. The topological polar surface area (TPSA) is 61.0 Å². The van der Waals surface area contributed by atoms with Gasteiger partial charge in [0.1, 0.15) is 5.82 Å². The highest BCUT2D eigenvalue weighted by Gasteiger charge is 2.13. The summed E-state index contributed by atoms with van der Waals surface area (Å²) in [6.07, 6.45) is 9.58. The summed E-state index contributed by atoms with van der Waals surface area (Å²) in [7, 11) is 0. The number of amides is 1. The maximum atomic E-state index is 12.5. The molecule has 0 saturated carbocycles. The molecule has 1 aliphatic heterocycles. The molecule has 1 fully saturated rings. The monoisotopic (exact) mass is 376 g/mol. The van der Waals surface area contributed by atoms with Crippen LogP contribution in [0.2, 0.25) is 0 Å². The molecule has 28 heavy (non-hydrogen) atoms. The van der Waals surface area contributed by atoms with Gasteiger partial charge >= 0.3 is 0 Å². The van der Waals surface area contributed by atoms with E-state index in [0.717, 1.165) is 30.8 Å². The summed E-state index contributed by atoms with van der Waals surface area (Å²) < 4.78 is 0. The van der Waals surface area contributed by atoms with Crippen molar-refractivity contribution >= 4 is 22.6 Å². The fourth-order valence-electron chi connectivity index (χ4n) is 4.07. The Hall–Kier alpha value is -2.82. The number of carbonyl (C=O) groups excluding carboxylic acids is 1.